The highest BCUT2D eigenvalue weighted by atomic mass is 32.1. The van der Waals surface area contributed by atoms with E-state index in [4.69, 9.17) is 0 Å². The lowest BCUT2D eigenvalue weighted by atomic mass is 10.0. The average Bonchev–Trinajstić information content (AvgIpc) is 3.35. The molecule has 0 bridgehead atoms. The Morgan fingerprint density at radius 3 is 2.79 bits per heavy atom. The summed E-state index contributed by atoms with van der Waals surface area (Å²) in [7, 11) is 0. The maximum atomic E-state index is 11.2. The highest BCUT2D eigenvalue weighted by molar-refractivity contribution is 7.22. The van der Waals surface area contributed by atoms with Gasteiger partial charge in [0.15, 0.2) is 0 Å². The zero-order chi connectivity index (χ0) is 19.8. The van der Waals surface area contributed by atoms with E-state index in [1.54, 1.807) is 17.4 Å². The Labute approximate surface area is 170 Å². The van der Waals surface area contributed by atoms with Gasteiger partial charge in [0.05, 0.1) is 21.6 Å². The summed E-state index contributed by atoms with van der Waals surface area (Å²) in [5.41, 5.74) is 8.88. The minimum absolute atomic E-state index is 0.0365. The van der Waals surface area contributed by atoms with Gasteiger partial charge in [-0.25, -0.2) is 14.8 Å². The number of thiazole rings is 1. The first-order valence-electron chi connectivity index (χ1n) is 9.19. The molecule has 29 heavy (non-hydrogen) atoms. The molecule has 2 aromatic carbocycles. The van der Waals surface area contributed by atoms with Crippen molar-refractivity contribution in [3.8, 4) is 11.3 Å². The van der Waals surface area contributed by atoms with Crippen LogP contribution in [0.1, 0.15) is 28.0 Å². The molecule has 4 aromatic rings. The number of benzene rings is 2. The Morgan fingerprint density at radius 2 is 1.93 bits per heavy atom. The lowest BCUT2D eigenvalue weighted by molar-refractivity contribution is 0.0690. The second kappa shape index (κ2) is 7.10. The predicted molar refractivity (Wildman–Crippen MR) is 115 cm³/mol. The Balaban J connectivity index is 1.45. The van der Waals surface area contributed by atoms with Crippen LogP contribution < -0.4 is 5.43 Å². The van der Waals surface area contributed by atoms with E-state index >= 15 is 0 Å². The quantitative estimate of drug-likeness (QED) is 0.480. The number of nitrogens with one attached hydrogen (secondary N) is 1. The number of aryl methyl sites for hydroxylation is 1. The van der Waals surface area contributed by atoms with Crippen LogP contribution in [0.4, 0.5) is 5.13 Å². The van der Waals surface area contributed by atoms with Gasteiger partial charge in [-0.1, -0.05) is 41.7 Å². The number of fused-ring (bicyclic) bond motifs is 2. The van der Waals surface area contributed by atoms with Crippen LogP contribution in [0, 0.1) is 0 Å². The Bertz CT molecular complexity index is 1250. The molecule has 2 heterocycles. The van der Waals surface area contributed by atoms with Crippen LogP contribution in [0.5, 0.6) is 0 Å². The van der Waals surface area contributed by atoms with Crippen LogP contribution in [0.15, 0.2) is 65.8 Å². The van der Waals surface area contributed by atoms with Crippen molar-refractivity contribution < 1.29 is 9.90 Å². The third-order valence-corrected chi connectivity index (χ3v) is 5.84. The number of carbonyl (C=O) groups is 1. The SMILES string of the molecule is O=C(O)c1cccc(-c2ccc3c(c2)/C(=N/Nc2nc4ccccc4s2)CC3)n1. The molecule has 0 fully saturated rings. The van der Waals surface area contributed by atoms with Crippen LogP contribution in [0.2, 0.25) is 0 Å². The summed E-state index contributed by atoms with van der Waals surface area (Å²) in [6.07, 6.45) is 1.78. The minimum Gasteiger partial charge on any atom is -0.477 e. The van der Waals surface area contributed by atoms with Crippen molar-refractivity contribution in [1.82, 2.24) is 9.97 Å². The molecular weight excluding hydrogens is 384 g/mol. The lowest BCUT2D eigenvalue weighted by Gasteiger charge is -2.06. The van der Waals surface area contributed by atoms with Crippen molar-refractivity contribution in [1.29, 1.82) is 0 Å². The number of carboxylic acid groups (broad SMARTS) is 1. The fourth-order valence-corrected chi connectivity index (χ4v) is 4.28. The maximum Gasteiger partial charge on any atom is 0.354 e. The van der Waals surface area contributed by atoms with E-state index < -0.39 is 5.97 Å². The molecule has 0 amide bonds. The number of aromatic nitrogens is 2. The molecule has 2 aromatic heterocycles. The maximum absolute atomic E-state index is 11.2. The van der Waals surface area contributed by atoms with Gasteiger partial charge in [-0.15, -0.1) is 0 Å². The largest absolute Gasteiger partial charge is 0.477 e. The van der Waals surface area contributed by atoms with Gasteiger partial charge in [0.25, 0.3) is 0 Å². The normalized spacial score (nSPS) is 14.3. The van der Waals surface area contributed by atoms with Crippen LogP contribution >= 0.6 is 11.3 Å². The molecule has 0 atom stereocenters. The molecule has 0 saturated heterocycles. The molecule has 2 N–H and O–H groups in total. The number of hydrazone groups is 1. The third kappa shape index (κ3) is 3.36. The number of aromatic carboxylic acids is 1. The van der Waals surface area contributed by atoms with Gasteiger partial charge >= 0.3 is 5.97 Å². The van der Waals surface area contributed by atoms with Crippen molar-refractivity contribution in [2.24, 2.45) is 5.10 Å². The molecule has 0 saturated carbocycles. The number of anilines is 1. The second-order valence-corrected chi connectivity index (χ2v) is 7.77. The van der Waals surface area contributed by atoms with E-state index in [-0.39, 0.29) is 5.69 Å². The highest BCUT2D eigenvalue weighted by Crippen LogP contribution is 2.29. The van der Waals surface area contributed by atoms with E-state index in [1.807, 2.05) is 42.5 Å². The summed E-state index contributed by atoms with van der Waals surface area (Å²) in [5.74, 6) is -1.03. The molecule has 0 radical (unpaired) electrons. The van der Waals surface area contributed by atoms with Gasteiger partial charge in [0, 0.05) is 11.1 Å². The van der Waals surface area contributed by atoms with Crippen LogP contribution in [-0.2, 0) is 6.42 Å². The number of pyridine rings is 1. The first-order chi connectivity index (χ1) is 14.2. The van der Waals surface area contributed by atoms with Crippen molar-refractivity contribution in [2.45, 2.75) is 12.8 Å². The third-order valence-electron chi connectivity index (χ3n) is 4.90. The van der Waals surface area contributed by atoms with Crippen molar-refractivity contribution in [3.05, 3.63) is 77.5 Å². The molecule has 1 aliphatic rings. The molecule has 6 nitrogen and oxygen atoms in total. The first kappa shape index (κ1) is 17.5. The lowest BCUT2D eigenvalue weighted by Crippen LogP contribution is -2.02. The van der Waals surface area contributed by atoms with Gasteiger partial charge < -0.3 is 5.11 Å². The molecule has 1 aliphatic carbocycles. The van der Waals surface area contributed by atoms with Crippen molar-refractivity contribution in [2.75, 3.05) is 5.43 Å². The fraction of sp³-hybridized carbons (Fsp3) is 0.0909. The Hall–Kier alpha value is -3.58. The number of rotatable bonds is 4. The predicted octanol–water partition coefficient (Wildman–Crippen LogP) is 4.82. The number of nitrogens with zero attached hydrogens (tertiary/aromatic N) is 3. The van der Waals surface area contributed by atoms with Gasteiger partial charge in [-0.2, -0.15) is 5.10 Å². The summed E-state index contributed by atoms with van der Waals surface area (Å²) >= 11 is 1.57. The standard InChI is InChI=1S/C22H16N4O2S/c27-21(28)19-6-3-5-16(23-19)14-9-8-13-10-11-17(15(13)12-14)25-26-22-24-18-4-1-2-7-20(18)29-22/h1-9,12H,10-11H2,(H,24,26)(H,27,28)/b25-17+. The molecule has 142 valence electrons. The van der Waals surface area contributed by atoms with E-state index in [2.05, 4.69) is 26.6 Å². The average molecular weight is 400 g/mol. The second-order valence-electron chi connectivity index (χ2n) is 6.74. The molecule has 7 heteroatoms. The monoisotopic (exact) mass is 400 g/mol. The van der Waals surface area contributed by atoms with E-state index in [1.165, 1.54) is 11.6 Å². The number of carboxylic acids is 1. The molecule has 5 rings (SSSR count). The van der Waals surface area contributed by atoms with Gasteiger partial charge in [-0.05, 0) is 48.7 Å². The molecule has 0 aliphatic heterocycles. The number of hydrogen-bond acceptors (Lipinski definition) is 6. The summed E-state index contributed by atoms with van der Waals surface area (Å²) in [6.45, 7) is 0. The van der Waals surface area contributed by atoms with E-state index in [9.17, 15) is 9.90 Å². The number of hydrogen-bond donors (Lipinski definition) is 2. The van der Waals surface area contributed by atoms with E-state index in [0.29, 0.717) is 5.69 Å². The van der Waals surface area contributed by atoms with E-state index in [0.717, 1.165) is 45.0 Å². The first-order valence-corrected chi connectivity index (χ1v) is 10.0. The molecule has 0 spiro atoms. The van der Waals surface area contributed by atoms with Crippen molar-refractivity contribution >= 4 is 38.4 Å². The smallest absolute Gasteiger partial charge is 0.354 e. The summed E-state index contributed by atoms with van der Waals surface area (Å²) < 4.78 is 1.12. The van der Waals surface area contributed by atoms with Crippen LogP contribution in [-0.4, -0.2) is 26.8 Å². The highest BCUT2D eigenvalue weighted by Gasteiger charge is 2.19. The topological polar surface area (TPSA) is 87.5 Å². The molecule has 0 unspecified atom stereocenters. The van der Waals surface area contributed by atoms with Crippen LogP contribution in [0.25, 0.3) is 21.5 Å². The van der Waals surface area contributed by atoms with Gasteiger partial charge in [-0.3, -0.25) is 5.43 Å². The van der Waals surface area contributed by atoms with Gasteiger partial charge in [0.2, 0.25) is 5.13 Å². The summed E-state index contributed by atoms with van der Waals surface area (Å²) in [4.78, 5) is 20.0. The minimum atomic E-state index is -1.03. The summed E-state index contributed by atoms with van der Waals surface area (Å²) in [6, 6.07) is 19.1. The zero-order valence-corrected chi connectivity index (χ0v) is 16.1. The van der Waals surface area contributed by atoms with Crippen LogP contribution in [0.3, 0.4) is 0 Å². The Kier molecular flexibility index (Phi) is 4.29. The zero-order valence-electron chi connectivity index (χ0n) is 15.3. The van der Waals surface area contributed by atoms with Gasteiger partial charge in [0.1, 0.15) is 5.69 Å². The summed E-state index contributed by atoms with van der Waals surface area (Å²) in [5, 5.41) is 14.6. The molecular formula is C22H16N4O2S. The fourth-order valence-electron chi connectivity index (χ4n) is 3.48. The van der Waals surface area contributed by atoms with Crippen molar-refractivity contribution in [3.63, 3.8) is 0 Å². The Morgan fingerprint density at radius 1 is 1.03 bits per heavy atom. The number of para-hydroxylation sites is 1.